The lowest BCUT2D eigenvalue weighted by Crippen LogP contribution is -2.29. The Morgan fingerprint density at radius 2 is 2.00 bits per heavy atom. The van der Waals surface area contributed by atoms with Crippen LogP contribution in [-0.2, 0) is 4.84 Å². The van der Waals surface area contributed by atoms with Gasteiger partial charge in [0.2, 0.25) is 0 Å². The first-order chi connectivity index (χ1) is 8.16. The van der Waals surface area contributed by atoms with Crippen LogP contribution in [0.15, 0.2) is 18.2 Å². The van der Waals surface area contributed by atoms with Gasteiger partial charge in [-0.25, -0.2) is 14.3 Å². The molecule has 0 heterocycles. The highest BCUT2D eigenvalue weighted by atomic mass is 19.1. The summed E-state index contributed by atoms with van der Waals surface area (Å²) in [6, 6.07) is 2.80. The molecule has 1 N–H and O–H groups in total. The van der Waals surface area contributed by atoms with Crippen LogP contribution in [0.1, 0.15) is 36.0 Å². The minimum atomic E-state index is -0.891. The second-order valence-corrected chi connectivity index (χ2v) is 4.08. The fourth-order valence-corrected chi connectivity index (χ4v) is 1.87. The molecule has 1 aliphatic carbocycles. The average molecular weight is 241 g/mol. The van der Waals surface area contributed by atoms with E-state index in [4.69, 9.17) is 4.84 Å². The molecule has 0 saturated heterocycles. The Morgan fingerprint density at radius 3 is 2.65 bits per heavy atom. The zero-order valence-electron chi connectivity index (χ0n) is 9.21. The summed E-state index contributed by atoms with van der Waals surface area (Å²) < 4.78 is 25.9. The zero-order valence-corrected chi connectivity index (χ0v) is 9.21. The largest absolute Gasteiger partial charge is 0.277 e. The SMILES string of the molecule is O=C(NOC1CCCC1)c1ccc(F)cc1F. The van der Waals surface area contributed by atoms with Crippen LogP contribution < -0.4 is 5.48 Å². The first kappa shape index (κ1) is 12.0. The molecule has 0 aliphatic heterocycles. The predicted octanol–water partition coefficient (Wildman–Crippen LogP) is 2.57. The molecule has 17 heavy (non-hydrogen) atoms. The van der Waals surface area contributed by atoms with Gasteiger partial charge in [0.15, 0.2) is 0 Å². The molecule has 0 atom stereocenters. The van der Waals surface area contributed by atoms with Crippen LogP contribution in [-0.4, -0.2) is 12.0 Å². The van der Waals surface area contributed by atoms with Crippen LogP contribution >= 0.6 is 0 Å². The molecule has 1 fully saturated rings. The molecule has 1 aromatic carbocycles. The van der Waals surface area contributed by atoms with E-state index in [0.29, 0.717) is 6.07 Å². The third-order valence-corrected chi connectivity index (χ3v) is 2.80. The second-order valence-electron chi connectivity index (χ2n) is 4.08. The zero-order chi connectivity index (χ0) is 12.3. The van der Waals surface area contributed by atoms with Crippen LogP contribution in [0.4, 0.5) is 8.78 Å². The number of carbonyl (C=O) groups is 1. The fraction of sp³-hybridized carbons (Fsp3) is 0.417. The number of halogens is 2. The van der Waals surface area contributed by atoms with Crippen molar-refractivity contribution in [1.82, 2.24) is 5.48 Å². The quantitative estimate of drug-likeness (QED) is 0.826. The minimum Gasteiger partial charge on any atom is -0.270 e. The summed E-state index contributed by atoms with van der Waals surface area (Å²) in [5.41, 5.74) is 1.98. The van der Waals surface area contributed by atoms with E-state index in [1.807, 2.05) is 0 Å². The summed E-state index contributed by atoms with van der Waals surface area (Å²) in [5.74, 6) is -2.29. The van der Waals surface area contributed by atoms with Gasteiger partial charge < -0.3 is 0 Å². The van der Waals surface area contributed by atoms with E-state index >= 15 is 0 Å². The van der Waals surface area contributed by atoms with Crippen molar-refractivity contribution in [2.45, 2.75) is 31.8 Å². The molecule has 2 rings (SSSR count). The van der Waals surface area contributed by atoms with Gasteiger partial charge >= 0.3 is 0 Å². The molecule has 0 radical (unpaired) electrons. The number of amides is 1. The smallest absolute Gasteiger partial charge is 0.270 e. The number of carbonyl (C=O) groups excluding carboxylic acids is 1. The highest BCUT2D eigenvalue weighted by Gasteiger charge is 2.18. The summed E-state index contributed by atoms with van der Waals surface area (Å²) in [6.07, 6.45) is 3.94. The molecule has 0 unspecified atom stereocenters. The summed E-state index contributed by atoms with van der Waals surface area (Å²) in [6.45, 7) is 0. The number of hydrogen-bond acceptors (Lipinski definition) is 2. The number of hydrogen-bond donors (Lipinski definition) is 1. The van der Waals surface area contributed by atoms with Gasteiger partial charge in [0.1, 0.15) is 11.6 Å². The van der Waals surface area contributed by atoms with Gasteiger partial charge in [0.05, 0.1) is 11.7 Å². The maximum Gasteiger partial charge on any atom is 0.277 e. The normalized spacial score (nSPS) is 16.1. The molecule has 3 nitrogen and oxygen atoms in total. The lowest BCUT2D eigenvalue weighted by molar-refractivity contribution is -0.0127. The molecule has 1 aliphatic rings. The van der Waals surface area contributed by atoms with Gasteiger partial charge in [0.25, 0.3) is 5.91 Å². The Balaban J connectivity index is 1.94. The van der Waals surface area contributed by atoms with E-state index in [1.165, 1.54) is 0 Å². The highest BCUT2D eigenvalue weighted by Crippen LogP contribution is 2.20. The van der Waals surface area contributed by atoms with E-state index in [2.05, 4.69) is 5.48 Å². The van der Waals surface area contributed by atoms with Gasteiger partial charge in [-0.1, -0.05) is 12.8 Å². The predicted molar refractivity (Wildman–Crippen MR) is 57.2 cm³/mol. The Morgan fingerprint density at radius 1 is 1.29 bits per heavy atom. The lowest BCUT2D eigenvalue weighted by Gasteiger charge is -2.11. The molecule has 0 aromatic heterocycles. The second kappa shape index (κ2) is 5.23. The summed E-state index contributed by atoms with van der Waals surface area (Å²) in [5, 5.41) is 0. The Bertz CT molecular complexity index is 417. The van der Waals surface area contributed by atoms with Crippen molar-refractivity contribution in [1.29, 1.82) is 0 Å². The third-order valence-electron chi connectivity index (χ3n) is 2.80. The fourth-order valence-electron chi connectivity index (χ4n) is 1.87. The monoisotopic (exact) mass is 241 g/mol. The molecule has 1 amide bonds. The molecule has 1 aromatic rings. The molecule has 0 spiro atoms. The summed E-state index contributed by atoms with van der Waals surface area (Å²) in [4.78, 5) is 16.7. The van der Waals surface area contributed by atoms with Gasteiger partial charge in [-0.2, -0.15) is 0 Å². The highest BCUT2D eigenvalue weighted by molar-refractivity contribution is 5.93. The van der Waals surface area contributed by atoms with Crippen molar-refractivity contribution in [3.8, 4) is 0 Å². The molecular weight excluding hydrogens is 228 g/mol. The maximum absolute atomic E-state index is 13.2. The minimum absolute atomic E-state index is 0.00228. The Labute approximate surface area is 97.7 Å². The van der Waals surface area contributed by atoms with Crippen molar-refractivity contribution in [2.24, 2.45) is 0 Å². The number of benzene rings is 1. The molecular formula is C12H13F2NO2. The van der Waals surface area contributed by atoms with Gasteiger partial charge in [-0.15, -0.1) is 0 Å². The van der Waals surface area contributed by atoms with Crippen LogP contribution in [0.5, 0.6) is 0 Å². The molecule has 92 valence electrons. The number of hydroxylamine groups is 1. The van der Waals surface area contributed by atoms with Gasteiger partial charge in [-0.05, 0) is 25.0 Å². The molecule has 0 bridgehead atoms. The van der Waals surface area contributed by atoms with Crippen molar-refractivity contribution in [2.75, 3.05) is 0 Å². The maximum atomic E-state index is 13.2. The Hall–Kier alpha value is -1.49. The Kier molecular flexibility index (Phi) is 3.68. The molecule has 1 saturated carbocycles. The van der Waals surface area contributed by atoms with Crippen LogP contribution in [0, 0.1) is 11.6 Å². The van der Waals surface area contributed by atoms with Gasteiger partial charge in [-0.3, -0.25) is 9.63 Å². The standard InChI is InChI=1S/C12H13F2NO2/c13-8-5-6-10(11(14)7-8)12(16)15-17-9-3-1-2-4-9/h5-7,9H,1-4H2,(H,15,16). The van der Waals surface area contributed by atoms with E-state index in [0.717, 1.165) is 37.8 Å². The first-order valence-corrected chi connectivity index (χ1v) is 5.58. The van der Waals surface area contributed by atoms with E-state index in [9.17, 15) is 13.6 Å². The van der Waals surface area contributed by atoms with Crippen molar-refractivity contribution in [3.05, 3.63) is 35.4 Å². The van der Waals surface area contributed by atoms with E-state index < -0.39 is 17.5 Å². The summed E-state index contributed by atoms with van der Waals surface area (Å²) >= 11 is 0. The topological polar surface area (TPSA) is 38.3 Å². The first-order valence-electron chi connectivity index (χ1n) is 5.58. The third kappa shape index (κ3) is 3.00. The molecule has 5 heteroatoms. The van der Waals surface area contributed by atoms with Gasteiger partial charge in [0, 0.05) is 6.07 Å². The number of nitrogens with one attached hydrogen (secondary N) is 1. The van der Waals surface area contributed by atoms with Crippen molar-refractivity contribution >= 4 is 5.91 Å². The van der Waals surface area contributed by atoms with Crippen molar-refractivity contribution in [3.63, 3.8) is 0 Å². The van der Waals surface area contributed by atoms with Crippen molar-refractivity contribution < 1.29 is 18.4 Å². The van der Waals surface area contributed by atoms with Crippen LogP contribution in [0.25, 0.3) is 0 Å². The van der Waals surface area contributed by atoms with Crippen LogP contribution in [0.3, 0.4) is 0 Å². The van der Waals surface area contributed by atoms with E-state index in [1.54, 1.807) is 0 Å². The number of rotatable bonds is 3. The average Bonchev–Trinajstić information content (AvgIpc) is 2.78. The lowest BCUT2D eigenvalue weighted by atomic mass is 10.2. The van der Waals surface area contributed by atoms with E-state index in [-0.39, 0.29) is 11.7 Å². The summed E-state index contributed by atoms with van der Waals surface area (Å²) in [7, 11) is 0. The van der Waals surface area contributed by atoms with Crippen LogP contribution in [0.2, 0.25) is 0 Å².